The number of halogens is 2. The molecule has 1 aromatic carbocycles. The fourth-order valence-electron chi connectivity index (χ4n) is 2.19. The van der Waals surface area contributed by atoms with Crippen LogP contribution in [0.4, 0.5) is 4.39 Å². The molecule has 94 valence electrons. The van der Waals surface area contributed by atoms with Crippen LogP contribution in [0.5, 0.6) is 0 Å². The summed E-state index contributed by atoms with van der Waals surface area (Å²) >= 11 is 5.93. The molecule has 0 saturated heterocycles. The fourth-order valence-corrected chi connectivity index (χ4v) is 2.41. The summed E-state index contributed by atoms with van der Waals surface area (Å²) in [6.45, 7) is 0.198. The highest BCUT2D eigenvalue weighted by Crippen LogP contribution is 2.24. The Morgan fingerprint density at radius 3 is 2.82 bits per heavy atom. The average Bonchev–Trinajstić information content (AvgIpc) is 2.30. The van der Waals surface area contributed by atoms with Crippen molar-refractivity contribution in [3.05, 3.63) is 34.6 Å². The molecule has 0 aromatic heterocycles. The van der Waals surface area contributed by atoms with Gasteiger partial charge in [-0.25, -0.2) is 4.39 Å². The van der Waals surface area contributed by atoms with Crippen molar-refractivity contribution < 1.29 is 9.13 Å². The van der Waals surface area contributed by atoms with E-state index in [1.165, 1.54) is 6.07 Å². The SMILES string of the molecule is NC1CCCCC1OCc1c(F)cccc1Cl. The minimum absolute atomic E-state index is 0.0272. The molecule has 4 heteroatoms. The molecule has 0 aliphatic heterocycles. The molecule has 2 atom stereocenters. The van der Waals surface area contributed by atoms with Gasteiger partial charge in [0.05, 0.1) is 12.7 Å². The highest BCUT2D eigenvalue weighted by molar-refractivity contribution is 6.31. The summed E-state index contributed by atoms with van der Waals surface area (Å²) in [4.78, 5) is 0. The van der Waals surface area contributed by atoms with Crippen LogP contribution in [0.2, 0.25) is 5.02 Å². The van der Waals surface area contributed by atoms with Crippen LogP contribution in [-0.4, -0.2) is 12.1 Å². The predicted octanol–water partition coefficient (Wildman–Crippen LogP) is 3.27. The molecule has 0 radical (unpaired) electrons. The van der Waals surface area contributed by atoms with Gasteiger partial charge in [-0.05, 0) is 25.0 Å². The summed E-state index contributed by atoms with van der Waals surface area (Å²) in [7, 11) is 0. The van der Waals surface area contributed by atoms with Gasteiger partial charge in [-0.1, -0.05) is 30.5 Å². The lowest BCUT2D eigenvalue weighted by Gasteiger charge is -2.28. The molecular weight excluding hydrogens is 241 g/mol. The zero-order chi connectivity index (χ0) is 12.3. The number of hydrogen-bond donors (Lipinski definition) is 1. The second-order valence-electron chi connectivity index (χ2n) is 4.50. The van der Waals surface area contributed by atoms with Crippen molar-refractivity contribution in [3.8, 4) is 0 Å². The first-order valence-corrected chi connectivity index (χ1v) is 6.36. The standard InChI is InChI=1S/C13H17ClFNO/c14-10-4-3-5-11(15)9(10)8-17-13-7-2-1-6-12(13)16/h3-5,12-13H,1-2,6-8,16H2. The van der Waals surface area contributed by atoms with E-state index in [0.717, 1.165) is 25.7 Å². The lowest BCUT2D eigenvalue weighted by Crippen LogP contribution is -2.39. The second kappa shape index (κ2) is 5.80. The number of hydrogen-bond acceptors (Lipinski definition) is 2. The van der Waals surface area contributed by atoms with Crippen LogP contribution < -0.4 is 5.73 Å². The number of benzene rings is 1. The fraction of sp³-hybridized carbons (Fsp3) is 0.538. The number of nitrogens with two attached hydrogens (primary N) is 1. The van der Waals surface area contributed by atoms with E-state index >= 15 is 0 Å². The molecule has 1 aromatic rings. The van der Waals surface area contributed by atoms with E-state index in [-0.39, 0.29) is 24.6 Å². The van der Waals surface area contributed by atoms with E-state index in [1.807, 2.05) is 0 Å². The van der Waals surface area contributed by atoms with Crippen LogP contribution in [-0.2, 0) is 11.3 Å². The summed E-state index contributed by atoms with van der Waals surface area (Å²) < 4.78 is 19.2. The van der Waals surface area contributed by atoms with Crippen LogP contribution in [0.25, 0.3) is 0 Å². The molecule has 1 saturated carbocycles. The van der Waals surface area contributed by atoms with E-state index in [2.05, 4.69) is 0 Å². The monoisotopic (exact) mass is 257 g/mol. The van der Waals surface area contributed by atoms with Crippen molar-refractivity contribution in [2.75, 3.05) is 0 Å². The molecule has 0 bridgehead atoms. The molecule has 17 heavy (non-hydrogen) atoms. The molecule has 0 heterocycles. The van der Waals surface area contributed by atoms with Crippen molar-refractivity contribution >= 4 is 11.6 Å². The van der Waals surface area contributed by atoms with Crippen molar-refractivity contribution in [3.63, 3.8) is 0 Å². The Bertz CT molecular complexity index is 365. The third kappa shape index (κ3) is 3.18. The first-order valence-electron chi connectivity index (χ1n) is 5.98. The minimum Gasteiger partial charge on any atom is -0.372 e. The van der Waals surface area contributed by atoms with Crippen molar-refractivity contribution in [2.24, 2.45) is 5.73 Å². The highest BCUT2D eigenvalue weighted by atomic mass is 35.5. The van der Waals surface area contributed by atoms with Crippen molar-refractivity contribution in [1.82, 2.24) is 0 Å². The first-order chi connectivity index (χ1) is 8.18. The topological polar surface area (TPSA) is 35.2 Å². The Morgan fingerprint density at radius 1 is 1.35 bits per heavy atom. The molecule has 1 aliphatic carbocycles. The van der Waals surface area contributed by atoms with Crippen LogP contribution in [0.15, 0.2) is 18.2 Å². The zero-order valence-electron chi connectivity index (χ0n) is 9.66. The minimum atomic E-state index is -0.318. The Morgan fingerprint density at radius 2 is 2.12 bits per heavy atom. The van der Waals surface area contributed by atoms with Gasteiger partial charge in [0.15, 0.2) is 0 Å². The van der Waals surface area contributed by atoms with Gasteiger partial charge < -0.3 is 10.5 Å². The molecule has 2 unspecified atom stereocenters. The van der Waals surface area contributed by atoms with Gasteiger partial charge in [-0.2, -0.15) is 0 Å². The lowest BCUT2D eigenvalue weighted by atomic mass is 9.93. The average molecular weight is 258 g/mol. The predicted molar refractivity (Wildman–Crippen MR) is 66.4 cm³/mol. The maximum atomic E-state index is 13.5. The Kier molecular flexibility index (Phi) is 4.37. The van der Waals surface area contributed by atoms with Gasteiger partial charge >= 0.3 is 0 Å². The Balaban J connectivity index is 1.97. The van der Waals surface area contributed by atoms with Gasteiger partial charge in [-0.15, -0.1) is 0 Å². The summed E-state index contributed by atoms with van der Waals surface area (Å²) in [6.07, 6.45) is 4.24. The number of rotatable bonds is 3. The smallest absolute Gasteiger partial charge is 0.130 e. The first kappa shape index (κ1) is 12.8. The molecule has 0 amide bonds. The summed E-state index contributed by atoms with van der Waals surface area (Å²) in [5.41, 5.74) is 6.39. The zero-order valence-corrected chi connectivity index (χ0v) is 10.4. The van der Waals surface area contributed by atoms with Gasteiger partial charge in [-0.3, -0.25) is 0 Å². The van der Waals surface area contributed by atoms with E-state index in [4.69, 9.17) is 22.1 Å². The lowest BCUT2D eigenvalue weighted by molar-refractivity contribution is 0.00292. The van der Waals surface area contributed by atoms with Crippen LogP contribution in [0.1, 0.15) is 31.2 Å². The van der Waals surface area contributed by atoms with Gasteiger partial charge in [0.25, 0.3) is 0 Å². The Labute approximate surface area is 106 Å². The van der Waals surface area contributed by atoms with E-state index in [9.17, 15) is 4.39 Å². The van der Waals surface area contributed by atoms with Gasteiger partial charge in [0.1, 0.15) is 5.82 Å². The van der Waals surface area contributed by atoms with E-state index in [0.29, 0.717) is 10.6 Å². The normalized spacial score (nSPS) is 24.9. The van der Waals surface area contributed by atoms with Gasteiger partial charge in [0, 0.05) is 16.6 Å². The third-order valence-electron chi connectivity index (χ3n) is 3.26. The number of ether oxygens (including phenoxy) is 1. The second-order valence-corrected chi connectivity index (χ2v) is 4.91. The molecule has 0 spiro atoms. The van der Waals surface area contributed by atoms with Crippen LogP contribution >= 0.6 is 11.6 Å². The van der Waals surface area contributed by atoms with Gasteiger partial charge in [0.2, 0.25) is 0 Å². The van der Waals surface area contributed by atoms with E-state index in [1.54, 1.807) is 12.1 Å². The van der Waals surface area contributed by atoms with E-state index < -0.39 is 0 Å². The maximum Gasteiger partial charge on any atom is 0.130 e. The summed E-state index contributed by atoms with van der Waals surface area (Å²) in [6, 6.07) is 4.72. The van der Waals surface area contributed by atoms with Crippen molar-refractivity contribution in [2.45, 2.75) is 44.4 Å². The quantitative estimate of drug-likeness (QED) is 0.902. The third-order valence-corrected chi connectivity index (χ3v) is 3.61. The largest absolute Gasteiger partial charge is 0.372 e. The summed E-state index contributed by atoms with van der Waals surface area (Å²) in [5, 5.41) is 0.411. The van der Waals surface area contributed by atoms with Crippen molar-refractivity contribution in [1.29, 1.82) is 0 Å². The summed E-state index contributed by atoms with van der Waals surface area (Å²) in [5.74, 6) is -0.318. The highest BCUT2D eigenvalue weighted by Gasteiger charge is 2.22. The molecule has 2 nitrogen and oxygen atoms in total. The molecule has 2 N–H and O–H groups in total. The molecule has 2 rings (SSSR count). The molecule has 1 fully saturated rings. The maximum absolute atomic E-state index is 13.5. The Hall–Kier alpha value is -0.640. The molecule has 1 aliphatic rings. The van der Waals surface area contributed by atoms with Crippen LogP contribution in [0, 0.1) is 5.82 Å². The van der Waals surface area contributed by atoms with Crippen LogP contribution in [0.3, 0.4) is 0 Å². The molecular formula is C13H17ClFNO.